The van der Waals surface area contributed by atoms with Gasteiger partial charge in [-0.05, 0) is 118 Å². The van der Waals surface area contributed by atoms with Gasteiger partial charge in [-0.2, -0.15) is 0 Å². The van der Waals surface area contributed by atoms with Crippen molar-refractivity contribution in [3.63, 3.8) is 0 Å². The first-order chi connectivity index (χ1) is 35.7. The molecule has 1 aliphatic carbocycles. The number of rotatable bonds is 10. The molecule has 0 bridgehead atoms. The fourth-order valence-corrected chi connectivity index (χ4v) is 11.3. The maximum atomic E-state index is 13.6. The van der Waals surface area contributed by atoms with E-state index in [2.05, 4.69) is 49.9 Å². The molecule has 10 aromatic rings. The maximum absolute atomic E-state index is 13.6. The molecule has 73 heavy (non-hydrogen) atoms. The normalized spacial score (nSPS) is 12.7. The minimum absolute atomic E-state index is 0.00452. The Morgan fingerprint density at radius 2 is 1.01 bits per heavy atom. The summed E-state index contributed by atoms with van der Waals surface area (Å²) in [7, 11) is 0. The number of fused-ring (bicyclic) bond motifs is 5. The number of allylic oxidation sites excluding steroid dienone is 2. The van der Waals surface area contributed by atoms with E-state index in [1.54, 1.807) is 17.6 Å². The van der Waals surface area contributed by atoms with E-state index in [4.69, 9.17) is 9.15 Å². The van der Waals surface area contributed by atoms with Crippen LogP contribution in [0, 0.1) is 6.92 Å². The van der Waals surface area contributed by atoms with Gasteiger partial charge in [-0.1, -0.05) is 196 Å². The van der Waals surface area contributed by atoms with Crippen molar-refractivity contribution >= 4 is 40.4 Å². The fourth-order valence-electron chi connectivity index (χ4n) is 11.3. The summed E-state index contributed by atoms with van der Waals surface area (Å²) in [5, 5.41) is 52.6. The molecular formula is C66H53NO6. The second-order valence-electron chi connectivity index (χ2n) is 18.4. The third-order valence-corrected chi connectivity index (χ3v) is 14.6. The number of aromatic nitrogens is 1. The number of phenolic OH excluding ortho intramolecular Hbond substituents is 4. The highest BCUT2D eigenvalue weighted by Crippen LogP contribution is 2.63. The maximum Gasteiger partial charge on any atom is 0.248 e. The van der Waals surface area contributed by atoms with Crippen molar-refractivity contribution in [2.24, 2.45) is 0 Å². The molecule has 0 amide bonds. The Labute approximate surface area is 424 Å². The molecule has 0 atom stereocenters. The monoisotopic (exact) mass is 955 g/mol. The molecule has 0 saturated heterocycles. The number of hydrogen-bond donors (Lipinski definition) is 4. The van der Waals surface area contributed by atoms with Gasteiger partial charge >= 0.3 is 0 Å². The average Bonchev–Trinajstić information content (AvgIpc) is 3.65. The third kappa shape index (κ3) is 7.10. The largest absolute Gasteiger partial charge is 0.505 e. The summed E-state index contributed by atoms with van der Waals surface area (Å²) in [6.07, 6.45) is 10.4. The number of benzene rings is 9. The van der Waals surface area contributed by atoms with Crippen molar-refractivity contribution in [2.75, 3.05) is 0 Å². The van der Waals surface area contributed by atoms with Crippen molar-refractivity contribution < 1.29 is 29.6 Å². The van der Waals surface area contributed by atoms with Crippen LogP contribution in [-0.2, 0) is 11.8 Å². The third-order valence-electron chi connectivity index (χ3n) is 14.6. The molecule has 9 aromatic carbocycles. The highest BCUT2D eigenvalue weighted by molar-refractivity contribution is 6.06. The summed E-state index contributed by atoms with van der Waals surface area (Å²) in [6.45, 7) is 11.9. The van der Waals surface area contributed by atoms with Crippen LogP contribution in [0.1, 0.15) is 70.8 Å². The molecule has 358 valence electrons. The highest BCUT2D eigenvalue weighted by Gasteiger charge is 2.50. The van der Waals surface area contributed by atoms with E-state index in [0.29, 0.717) is 45.5 Å². The van der Waals surface area contributed by atoms with E-state index >= 15 is 0 Å². The quantitative estimate of drug-likeness (QED) is 0.0802. The van der Waals surface area contributed by atoms with Crippen LogP contribution < -0.4 is 0 Å². The van der Waals surface area contributed by atoms with E-state index in [1.807, 2.05) is 172 Å². The van der Waals surface area contributed by atoms with Gasteiger partial charge in [0, 0.05) is 27.9 Å². The van der Waals surface area contributed by atoms with E-state index < -0.39 is 5.41 Å². The second-order valence-corrected chi connectivity index (χ2v) is 18.4. The van der Waals surface area contributed by atoms with Crippen molar-refractivity contribution in [1.82, 2.24) is 4.57 Å². The summed E-state index contributed by atoms with van der Waals surface area (Å²) < 4.78 is 14.3. The van der Waals surface area contributed by atoms with Crippen LogP contribution in [0.25, 0.3) is 90.6 Å². The summed E-state index contributed by atoms with van der Waals surface area (Å²) in [4.78, 5) is 0. The average molecular weight is 956 g/mol. The van der Waals surface area contributed by atoms with Crippen LogP contribution in [0.15, 0.2) is 198 Å². The molecule has 11 rings (SSSR count). The van der Waals surface area contributed by atoms with Crippen molar-refractivity contribution in [3.05, 3.63) is 239 Å². The molecule has 0 fully saturated rings. The predicted molar refractivity (Wildman–Crippen MR) is 297 cm³/mol. The molecule has 1 aliphatic rings. The Morgan fingerprint density at radius 3 is 1.56 bits per heavy atom. The Balaban J connectivity index is 1.27. The summed E-state index contributed by atoms with van der Waals surface area (Å²) in [5.41, 5.74) is 12.0. The van der Waals surface area contributed by atoms with Gasteiger partial charge < -0.3 is 20.4 Å². The van der Waals surface area contributed by atoms with E-state index in [-0.39, 0.29) is 45.2 Å². The Hall–Kier alpha value is -9.20. The van der Waals surface area contributed by atoms with Crippen LogP contribution in [0.3, 0.4) is 0 Å². The zero-order valence-electron chi connectivity index (χ0n) is 41.0. The van der Waals surface area contributed by atoms with Crippen LogP contribution in [0.5, 0.6) is 23.0 Å². The molecule has 0 aliphatic heterocycles. The fraction of sp³-hybridized carbons (Fsp3) is 0.0909. The van der Waals surface area contributed by atoms with Crippen LogP contribution in [0.4, 0.5) is 0 Å². The molecule has 0 saturated carbocycles. The summed E-state index contributed by atoms with van der Waals surface area (Å²) >= 11 is 0. The van der Waals surface area contributed by atoms with Crippen molar-refractivity contribution in [1.29, 1.82) is 0 Å². The lowest BCUT2D eigenvalue weighted by Gasteiger charge is -2.34. The lowest BCUT2D eigenvalue weighted by atomic mass is 9.67. The molecule has 4 N–H and O–H groups in total. The van der Waals surface area contributed by atoms with Crippen LogP contribution in [-0.4, -0.2) is 25.0 Å². The number of hydrogen-bond acceptors (Lipinski definition) is 6. The molecule has 1 heterocycles. The molecule has 0 spiro atoms. The first-order valence-electron chi connectivity index (χ1n) is 24.6. The van der Waals surface area contributed by atoms with Gasteiger partial charge in [0.05, 0.1) is 5.41 Å². The number of phenols is 4. The van der Waals surface area contributed by atoms with E-state index in [1.165, 1.54) is 0 Å². The minimum Gasteiger partial charge on any atom is -0.505 e. The van der Waals surface area contributed by atoms with E-state index in [9.17, 15) is 20.4 Å². The number of nitrogens with zero attached hydrogens (tertiary/aromatic N) is 1. The molecule has 0 unspecified atom stereocenters. The molecule has 7 heteroatoms. The van der Waals surface area contributed by atoms with Gasteiger partial charge in [0.2, 0.25) is 11.2 Å². The summed E-state index contributed by atoms with van der Waals surface area (Å²) in [6, 6.07) is 56.0. The van der Waals surface area contributed by atoms with Gasteiger partial charge in [-0.15, -0.1) is 0 Å². The molecule has 7 nitrogen and oxygen atoms in total. The highest BCUT2D eigenvalue weighted by atomic mass is 17.0. The van der Waals surface area contributed by atoms with Gasteiger partial charge in [-0.3, -0.25) is 13.7 Å². The van der Waals surface area contributed by atoms with Gasteiger partial charge in [0.25, 0.3) is 0 Å². The zero-order valence-corrected chi connectivity index (χ0v) is 41.0. The van der Waals surface area contributed by atoms with Gasteiger partial charge in [0.1, 0.15) is 22.5 Å². The van der Waals surface area contributed by atoms with Crippen molar-refractivity contribution in [2.45, 2.75) is 39.5 Å². The molecule has 1 aromatic heterocycles. The molecule has 0 radical (unpaired) electrons. The lowest BCUT2D eigenvalue weighted by molar-refractivity contribution is 0.0877. The predicted octanol–water partition coefficient (Wildman–Crippen LogP) is 16.9. The molecular weight excluding hydrogens is 903 g/mol. The number of aromatic hydroxyl groups is 4. The zero-order chi connectivity index (χ0) is 50.5. The Bertz CT molecular complexity index is 3850. The van der Waals surface area contributed by atoms with Crippen LogP contribution >= 0.6 is 0 Å². The Morgan fingerprint density at radius 1 is 0.534 bits per heavy atom. The minimum atomic E-state index is -1.16. The SMILES string of the molecule is C=Cc1cc(-c2c(C)c(O)c3c(ooc4c(O)c5c(c(O)c4n3-c3ccc(-c4ccc(-c6ccccc6)cc4)cc3)C(c3ccccc3)(c3ccccc3)c3ccccc3-5)c2O)c(CC)c(/C=C\C)c1/C=C\C. The van der Waals surface area contributed by atoms with Crippen LogP contribution in [0.2, 0.25) is 0 Å². The standard InChI is InChI=1S/C66H53NO6/c1-6-21-50-41(8-3)39-53(49(9-4)51(50)22-7-2)55-40(5)60(68)58-64(61(55)69)72-73-65-59(67(58)48-37-35-45(36-38-48)44-33-31-43(32-34-44)42-23-13-10-14-24-42)63(71)57-56(62(65)70)52-29-19-20-30-54(52)66(57,46-25-15-11-16-26-46)47-27-17-12-18-28-47/h6-8,10-39,68-71H,3,9H2,1-2,4-5H3/b21-6-,22-7-. The van der Waals surface area contributed by atoms with E-state index in [0.717, 1.165) is 61.2 Å². The smallest absolute Gasteiger partial charge is 0.248 e. The lowest BCUT2D eigenvalue weighted by Crippen LogP contribution is -2.28. The van der Waals surface area contributed by atoms with Crippen molar-refractivity contribution in [3.8, 4) is 73.2 Å². The van der Waals surface area contributed by atoms with Gasteiger partial charge in [0.15, 0.2) is 11.5 Å². The van der Waals surface area contributed by atoms with Gasteiger partial charge in [-0.25, -0.2) is 0 Å². The Kier molecular flexibility index (Phi) is 11.7. The first-order valence-corrected chi connectivity index (χ1v) is 24.6. The summed E-state index contributed by atoms with van der Waals surface area (Å²) in [5.74, 6) is -1.09. The topological polar surface area (TPSA) is 112 Å². The second kappa shape index (κ2) is 18.5. The first kappa shape index (κ1) is 46.2.